The van der Waals surface area contributed by atoms with E-state index in [0.717, 1.165) is 19.3 Å². The summed E-state index contributed by atoms with van der Waals surface area (Å²) >= 11 is 0. The number of rotatable bonds is 5. The zero-order valence-electron chi connectivity index (χ0n) is 12.6. The highest BCUT2D eigenvalue weighted by Gasteiger charge is 2.23. The third-order valence-corrected chi connectivity index (χ3v) is 4.58. The van der Waals surface area contributed by atoms with E-state index in [1.165, 1.54) is 17.5 Å². The van der Waals surface area contributed by atoms with Gasteiger partial charge in [0.1, 0.15) is 0 Å². The molecule has 3 heteroatoms. The number of fused-ring (bicyclic) bond motifs is 1. The van der Waals surface area contributed by atoms with Crippen LogP contribution < -0.4 is 11.1 Å². The van der Waals surface area contributed by atoms with E-state index in [1.807, 2.05) is 6.92 Å². The zero-order valence-corrected chi connectivity index (χ0v) is 12.6. The summed E-state index contributed by atoms with van der Waals surface area (Å²) in [5, 5.41) is 3.04. The molecule has 0 radical (unpaired) electrons. The van der Waals surface area contributed by atoms with Gasteiger partial charge in [-0.2, -0.15) is 0 Å². The van der Waals surface area contributed by atoms with Crippen molar-refractivity contribution in [3.8, 4) is 0 Å². The summed E-state index contributed by atoms with van der Waals surface area (Å²) < 4.78 is 0. The van der Waals surface area contributed by atoms with Crippen molar-refractivity contribution in [1.82, 2.24) is 5.32 Å². The predicted molar refractivity (Wildman–Crippen MR) is 82.6 cm³/mol. The molecule has 3 nitrogen and oxygen atoms in total. The van der Waals surface area contributed by atoms with Crippen molar-refractivity contribution in [2.24, 2.45) is 11.7 Å². The first kappa shape index (κ1) is 15.0. The Morgan fingerprint density at radius 2 is 2.20 bits per heavy atom. The summed E-state index contributed by atoms with van der Waals surface area (Å²) in [6, 6.07) is 8.19. The fourth-order valence-corrected chi connectivity index (χ4v) is 2.92. The Balaban J connectivity index is 1.94. The maximum atomic E-state index is 12.1. The largest absolute Gasteiger partial charge is 0.354 e. The summed E-state index contributed by atoms with van der Waals surface area (Å²) in [6.07, 6.45) is 4.44. The lowest BCUT2D eigenvalue weighted by Crippen LogP contribution is -2.45. The van der Waals surface area contributed by atoms with Crippen molar-refractivity contribution in [3.63, 3.8) is 0 Å². The van der Waals surface area contributed by atoms with Gasteiger partial charge in [-0.1, -0.05) is 44.5 Å². The fourth-order valence-electron chi connectivity index (χ4n) is 2.92. The topological polar surface area (TPSA) is 55.1 Å². The molecular weight excluding hydrogens is 248 g/mol. The molecule has 1 amide bonds. The quantitative estimate of drug-likeness (QED) is 0.867. The van der Waals surface area contributed by atoms with Gasteiger partial charge in [0.25, 0.3) is 0 Å². The lowest BCUT2D eigenvalue weighted by atomic mass is 9.83. The second kappa shape index (κ2) is 6.89. The Morgan fingerprint density at radius 1 is 1.45 bits per heavy atom. The van der Waals surface area contributed by atoms with Crippen LogP contribution in [0.15, 0.2) is 24.3 Å². The lowest BCUT2D eigenvalue weighted by Gasteiger charge is -2.26. The van der Waals surface area contributed by atoms with Crippen molar-refractivity contribution in [2.75, 3.05) is 6.54 Å². The van der Waals surface area contributed by atoms with E-state index in [-0.39, 0.29) is 17.9 Å². The van der Waals surface area contributed by atoms with Crippen LogP contribution >= 0.6 is 0 Å². The molecule has 0 aromatic heterocycles. The van der Waals surface area contributed by atoms with Crippen LogP contribution in [0.25, 0.3) is 0 Å². The van der Waals surface area contributed by atoms with Crippen LogP contribution in [0.2, 0.25) is 0 Å². The molecule has 1 aromatic rings. The number of amides is 1. The van der Waals surface area contributed by atoms with Gasteiger partial charge in [-0.3, -0.25) is 4.79 Å². The molecule has 3 unspecified atom stereocenters. The third kappa shape index (κ3) is 3.40. The smallest absolute Gasteiger partial charge is 0.237 e. The average Bonchev–Trinajstić information content (AvgIpc) is 2.50. The number of nitrogens with one attached hydrogen (secondary N) is 1. The molecule has 0 aliphatic heterocycles. The molecule has 1 aromatic carbocycles. The maximum absolute atomic E-state index is 12.1. The van der Waals surface area contributed by atoms with E-state index < -0.39 is 0 Å². The highest BCUT2D eigenvalue weighted by Crippen LogP contribution is 2.30. The first-order valence-corrected chi connectivity index (χ1v) is 7.74. The molecule has 0 bridgehead atoms. The summed E-state index contributed by atoms with van der Waals surface area (Å²) in [7, 11) is 0. The van der Waals surface area contributed by atoms with Gasteiger partial charge in [-0.25, -0.2) is 0 Å². The normalized spacial score (nSPS) is 20.9. The van der Waals surface area contributed by atoms with Crippen molar-refractivity contribution in [3.05, 3.63) is 35.4 Å². The Bertz CT molecular complexity index is 458. The molecule has 0 spiro atoms. The summed E-state index contributed by atoms with van der Waals surface area (Å²) in [6.45, 7) is 4.80. The van der Waals surface area contributed by atoms with Crippen LogP contribution in [-0.2, 0) is 11.2 Å². The van der Waals surface area contributed by atoms with Gasteiger partial charge in [0, 0.05) is 12.5 Å². The van der Waals surface area contributed by atoms with E-state index >= 15 is 0 Å². The van der Waals surface area contributed by atoms with E-state index in [1.54, 1.807) is 0 Å². The van der Waals surface area contributed by atoms with Gasteiger partial charge in [-0.05, 0) is 36.3 Å². The van der Waals surface area contributed by atoms with Gasteiger partial charge in [0.2, 0.25) is 5.91 Å². The van der Waals surface area contributed by atoms with E-state index in [9.17, 15) is 4.79 Å². The second-order valence-corrected chi connectivity index (χ2v) is 5.94. The van der Waals surface area contributed by atoms with Gasteiger partial charge in [0.15, 0.2) is 0 Å². The molecule has 3 N–H and O–H groups in total. The minimum absolute atomic E-state index is 0.0117. The van der Waals surface area contributed by atoms with E-state index in [4.69, 9.17) is 5.73 Å². The van der Waals surface area contributed by atoms with Crippen molar-refractivity contribution < 1.29 is 4.79 Å². The molecule has 0 heterocycles. The molecule has 0 saturated carbocycles. The second-order valence-electron chi connectivity index (χ2n) is 5.94. The monoisotopic (exact) mass is 274 g/mol. The molecule has 0 saturated heterocycles. The molecule has 3 atom stereocenters. The highest BCUT2D eigenvalue weighted by atomic mass is 16.2. The maximum Gasteiger partial charge on any atom is 0.237 e. The summed E-state index contributed by atoms with van der Waals surface area (Å²) in [5.41, 5.74) is 8.80. The minimum atomic E-state index is -0.390. The SMILES string of the molecule is CCC(C)C(N)C(=O)NCC1CCCc2ccccc21. The van der Waals surface area contributed by atoms with Crippen LogP contribution in [0.1, 0.15) is 50.2 Å². The summed E-state index contributed by atoms with van der Waals surface area (Å²) in [5.74, 6) is 0.657. The van der Waals surface area contributed by atoms with Crippen LogP contribution in [-0.4, -0.2) is 18.5 Å². The zero-order chi connectivity index (χ0) is 14.5. The average molecular weight is 274 g/mol. The number of hydrogen-bond acceptors (Lipinski definition) is 2. The van der Waals surface area contributed by atoms with Gasteiger partial charge >= 0.3 is 0 Å². The number of hydrogen-bond donors (Lipinski definition) is 2. The molecule has 20 heavy (non-hydrogen) atoms. The van der Waals surface area contributed by atoms with Crippen molar-refractivity contribution >= 4 is 5.91 Å². The minimum Gasteiger partial charge on any atom is -0.354 e. The molecule has 1 aliphatic carbocycles. The van der Waals surface area contributed by atoms with Crippen LogP contribution in [0.3, 0.4) is 0 Å². The number of carbonyl (C=O) groups is 1. The van der Waals surface area contributed by atoms with Crippen LogP contribution in [0.4, 0.5) is 0 Å². The van der Waals surface area contributed by atoms with Gasteiger partial charge in [-0.15, -0.1) is 0 Å². The third-order valence-electron chi connectivity index (χ3n) is 4.58. The lowest BCUT2D eigenvalue weighted by molar-refractivity contribution is -0.123. The van der Waals surface area contributed by atoms with Crippen molar-refractivity contribution in [1.29, 1.82) is 0 Å². The Labute approximate surface area is 121 Å². The van der Waals surface area contributed by atoms with Gasteiger partial charge < -0.3 is 11.1 Å². The fraction of sp³-hybridized carbons (Fsp3) is 0.588. The van der Waals surface area contributed by atoms with Gasteiger partial charge in [0.05, 0.1) is 6.04 Å². The number of nitrogens with two attached hydrogens (primary N) is 1. The molecule has 0 fully saturated rings. The van der Waals surface area contributed by atoms with Crippen LogP contribution in [0, 0.1) is 5.92 Å². The Kier molecular flexibility index (Phi) is 5.18. The standard InChI is InChI=1S/C17H26N2O/c1-3-12(2)16(18)17(20)19-11-14-9-6-8-13-7-4-5-10-15(13)14/h4-5,7,10,12,14,16H,3,6,8-9,11,18H2,1-2H3,(H,19,20). The van der Waals surface area contributed by atoms with Crippen molar-refractivity contribution in [2.45, 2.75) is 51.5 Å². The van der Waals surface area contributed by atoms with Crippen LogP contribution in [0.5, 0.6) is 0 Å². The summed E-state index contributed by atoms with van der Waals surface area (Å²) in [4.78, 5) is 12.1. The van der Waals surface area contributed by atoms with E-state index in [2.05, 4.69) is 36.5 Å². The Morgan fingerprint density at radius 3 is 2.95 bits per heavy atom. The highest BCUT2D eigenvalue weighted by molar-refractivity contribution is 5.81. The number of carbonyl (C=O) groups excluding carboxylic acids is 1. The molecule has 2 rings (SSSR count). The first-order chi connectivity index (χ1) is 9.63. The molecule has 1 aliphatic rings. The molecular formula is C17H26N2O. The number of benzene rings is 1. The Hall–Kier alpha value is -1.35. The van der Waals surface area contributed by atoms with E-state index in [0.29, 0.717) is 12.5 Å². The first-order valence-electron chi connectivity index (χ1n) is 7.74. The molecule has 110 valence electrons. The number of aryl methyl sites for hydroxylation is 1. The predicted octanol–water partition coefficient (Wildman–Crippen LogP) is 2.60.